The van der Waals surface area contributed by atoms with E-state index in [1.165, 1.54) is 11.8 Å². The Morgan fingerprint density at radius 2 is 1.94 bits per heavy atom. The maximum absolute atomic E-state index is 13.0. The van der Waals surface area contributed by atoms with Gasteiger partial charge in [0.2, 0.25) is 0 Å². The number of ketones is 1. The number of carbonyl (C=O) groups is 2. The van der Waals surface area contributed by atoms with Gasteiger partial charge in [0.25, 0.3) is 5.56 Å². The molecule has 1 N–H and O–H groups in total. The molecule has 7 nitrogen and oxygen atoms in total. The van der Waals surface area contributed by atoms with Gasteiger partial charge in [0.1, 0.15) is 0 Å². The van der Waals surface area contributed by atoms with Crippen LogP contribution in [-0.4, -0.2) is 38.6 Å². The number of para-hydroxylation sites is 1. The van der Waals surface area contributed by atoms with Gasteiger partial charge in [-0.05, 0) is 44.9 Å². The Balaban J connectivity index is 1.89. The van der Waals surface area contributed by atoms with Crippen molar-refractivity contribution in [2.75, 3.05) is 12.4 Å². The Morgan fingerprint density at radius 1 is 1.19 bits per heavy atom. The van der Waals surface area contributed by atoms with Crippen LogP contribution in [0.4, 0.5) is 0 Å². The predicted octanol–water partition coefficient (Wildman–Crippen LogP) is 4.29. The largest absolute Gasteiger partial charge is 0.462 e. The van der Waals surface area contributed by atoms with Gasteiger partial charge in [0.05, 0.1) is 34.5 Å². The second-order valence-corrected chi connectivity index (χ2v) is 8.22. The summed E-state index contributed by atoms with van der Waals surface area (Å²) in [5.74, 6) is -0.504. The molecule has 2 aromatic heterocycles. The molecule has 0 unspecified atom stereocenters. The highest BCUT2D eigenvalue weighted by atomic mass is 32.2. The minimum Gasteiger partial charge on any atom is -0.462 e. The number of carbonyl (C=O) groups excluding carboxylic acids is 2. The number of unbranched alkanes of at least 4 members (excludes halogenated alkanes) is 1. The molecule has 0 saturated heterocycles. The molecular formula is C23H27N3O4S. The Bertz CT molecular complexity index is 1180. The molecule has 3 aromatic rings. The van der Waals surface area contributed by atoms with E-state index in [1.54, 1.807) is 37.5 Å². The van der Waals surface area contributed by atoms with Crippen molar-refractivity contribution in [1.82, 2.24) is 14.5 Å². The number of esters is 1. The third kappa shape index (κ3) is 4.74. The summed E-state index contributed by atoms with van der Waals surface area (Å²) < 4.78 is 6.75. The first kappa shape index (κ1) is 22.8. The van der Waals surface area contributed by atoms with Crippen LogP contribution in [0, 0.1) is 13.8 Å². The summed E-state index contributed by atoms with van der Waals surface area (Å²) in [6.45, 7) is 8.11. The molecule has 0 saturated carbocycles. The van der Waals surface area contributed by atoms with Crippen LogP contribution in [0.3, 0.4) is 0 Å². The van der Waals surface area contributed by atoms with E-state index >= 15 is 0 Å². The highest BCUT2D eigenvalue weighted by molar-refractivity contribution is 7.99. The van der Waals surface area contributed by atoms with Gasteiger partial charge < -0.3 is 9.72 Å². The van der Waals surface area contributed by atoms with E-state index < -0.39 is 5.97 Å². The molecule has 0 aliphatic heterocycles. The van der Waals surface area contributed by atoms with Gasteiger partial charge >= 0.3 is 5.97 Å². The summed E-state index contributed by atoms with van der Waals surface area (Å²) in [6, 6.07) is 7.24. The number of Topliss-reactive ketones (excluding diaryl/α,β-unsaturated/α-hetero) is 1. The second kappa shape index (κ2) is 9.96. The van der Waals surface area contributed by atoms with E-state index in [0.29, 0.717) is 45.1 Å². The zero-order valence-electron chi connectivity index (χ0n) is 18.3. The SMILES string of the molecule is CCCCn1c(SCC(=O)c2[nH]c(C)c(C(=O)OCC)c2C)nc2ccccc2c1=O. The molecule has 0 aliphatic rings. The van der Waals surface area contributed by atoms with Crippen molar-refractivity contribution in [2.45, 2.75) is 52.2 Å². The fourth-order valence-corrected chi connectivity index (χ4v) is 4.41. The van der Waals surface area contributed by atoms with Crippen molar-refractivity contribution in [3.8, 4) is 0 Å². The number of hydrogen-bond acceptors (Lipinski definition) is 6. The van der Waals surface area contributed by atoms with Crippen molar-refractivity contribution in [3.05, 3.63) is 57.1 Å². The third-order valence-electron chi connectivity index (χ3n) is 5.09. The Kier molecular flexibility index (Phi) is 7.33. The first-order valence-electron chi connectivity index (χ1n) is 10.4. The van der Waals surface area contributed by atoms with Crippen LogP contribution >= 0.6 is 11.8 Å². The van der Waals surface area contributed by atoms with Gasteiger partial charge in [-0.1, -0.05) is 37.2 Å². The first-order chi connectivity index (χ1) is 14.9. The minimum atomic E-state index is -0.440. The standard InChI is InChI=1S/C23H27N3O4S/c1-5-7-12-26-21(28)16-10-8-9-11-17(16)25-23(26)31-13-18(27)20-14(3)19(15(4)24-20)22(29)30-6-2/h8-11,24H,5-7,12-13H2,1-4H3. The molecule has 164 valence electrons. The number of aryl methyl sites for hydroxylation is 1. The molecule has 8 heteroatoms. The number of fused-ring (bicyclic) bond motifs is 1. The molecule has 0 spiro atoms. The van der Waals surface area contributed by atoms with Crippen molar-refractivity contribution >= 4 is 34.4 Å². The number of H-pyrrole nitrogens is 1. The van der Waals surface area contributed by atoms with Crippen molar-refractivity contribution in [1.29, 1.82) is 0 Å². The number of benzene rings is 1. The van der Waals surface area contributed by atoms with Gasteiger partial charge in [-0.2, -0.15) is 0 Å². The van der Waals surface area contributed by atoms with E-state index in [4.69, 9.17) is 4.74 Å². The summed E-state index contributed by atoms with van der Waals surface area (Å²) in [6.07, 6.45) is 1.79. The number of nitrogens with zero attached hydrogens (tertiary/aromatic N) is 2. The van der Waals surface area contributed by atoms with Crippen molar-refractivity contribution < 1.29 is 14.3 Å². The molecule has 2 heterocycles. The summed E-state index contributed by atoms with van der Waals surface area (Å²) in [7, 11) is 0. The quantitative estimate of drug-likeness (QED) is 0.230. The van der Waals surface area contributed by atoms with E-state index in [1.807, 2.05) is 12.1 Å². The van der Waals surface area contributed by atoms with Crippen LogP contribution < -0.4 is 5.56 Å². The Morgan fingerprint density at radius 3 is 2.65 bits per heavy atom. The number of aromatic amines is 1. The van der Waals surface area contributed by atoms with Crippen LogP contribution in [0.1, 0.15) is 58.8 Å². The van der Waals surface area contributed by atoms with Crippen LogP contribution in [-0.2, 0) is 11.3 Å². The fraction of sp³-hybridized carbons (Fsp3) is 0.391. The third-order valence-corrected chi connectivity index (χ3v) is 6.07. The maximum atomic E-state index is 13.0. The van der Waals surface area contributed by atoms with E-state index in [9.17, 15) is 14.4 Å². The molecule has 0 radical (unpaired) electrons. The average Bonchev–Trinajstić information content (AvgIpc) is 3.05. The van der Waals surface area contributed by atoms with Gasteiger partial charge in [0.15, 0.2) is 10.9 Å². The lowest BCUT2D eigenvalue weighted by Gasteiger charge is -2.12. The zero-order valence-corrected chi connectivity index (χ0v) is 19.1. The summed E-state index contributed by atoms with van der Waals surface area (Å²) in [4.78, 5) is 45.8. The molecule has 0 amide bonds. The average molecular weight is 442 g/mol. The Labute approximate surface area is 185 Å². The minimum absolute atomic E-state index is 0.0921. The molecule has 0 bridgehead atoms. The van der Waals surface area contributed by atoms with E-state index in [2.05, 4.69) is 16.9 Å². The molecule has 0 aliphatic carbocycles. The topological polar surface area (TPSA) is 94.1 Å². The molecule has 3 rings (SSSR count). The van der Waals surface area contributed by atoms with Crippen LogP contribution in [0.25, 0.3) is 10.9 Å². The molecule has 31 heavy (non-hydrogen) atoms. The summed E-state index contributed by atoms with van der Waals surface area (Å²) in [5.41, 5.74) is 2.50. The first-order valence-corrected chi connectivity index (χ1v) is 11.4. The van der Waals surface area contributed by atoms with Gasteiger partial charge in [0, 0.05) is 12.2 Å². The zero-order chi connectivity index (χ0) is 22.5. The normalized spacial score (nSPS) is 11.1. The number of aromatic nitrogens is 3. The van der Waals surface area contributed by atoms with Gasteiger partial charge in [-0.3, -0.25) is 14.2 Å². The van der Waals surface area contributed by atoms with Gasteiger partial charge in [-0.15, -0.1) is 0 Å². The summed E-state index contributed by atoms with van der Waals surface area (Å²) in [5, 5.41) is 1.10. The predicted molar refractivity (Wildman–Crippen MR) is 122 cm³/mol. The lowest BCUT2D eigenvalue weighted by atomic mass is 10.1. The second-order valence-electron chi connectivity index (χ2n) is 7.28. The summed E-state index contributed by atoms with van der Waals surface area (Å²) >= 11 is 1.24. The molecule has 0 atom stereocenters. The molecule has 0 fully saturated rings. The number of nitrogens with one attached hydrogen (secondary N) is 1. The molecular weight excluding hydrogens is 414 g/mol. The smallest absolute Gasteiger partial charge is 0.340 e. The van der Waals surface area contributed by atoms with Crippen molar-refractivity contribution in [2.24, 2.45) is 0 Å². The Hall–Kier alpha value is -2.87. The lowest BCUT2D eigenvalue weighted by Crippen LogP contribution is -2.24. The highest BCUT2D eigenvalue weighted by Crippen LogP contribution is 2.23. The fourth-order valence-electron chi connectivity index (χ4n) is 3.51. The number of thioether (sulfide) groups is 1. The number of ether oxygens (including phenoxy) is 1. The molecule has 1 aromatic carbocycles. The van der Waals surface area contributed by atoms with Crippen LogP contribution in [0.15, 0.2) is 34.2 Å². The number of hydrogen-bond donors (Lipinski definition) is 1. The lowest BCUT2D eigenvalue weighted by molar-refractivity contribution is 0.0525. The van der Waals surface area contributed by atoms with Crippen LogP contribution in [0.2, 0.25) is 0 Å². The number of rotatable bonds is 9. The van der Waals surface area contributed by atoms with E-state index in [-0.39, 0.29) is 23.7 Å². The van der Waals surface area contributed by atoms with E-state index in [0.717, 1.165) is 12.8 Å². The van der Waals surface area contributed by atoms with Gasteiger partial charge in [-0.25, -0.2) is 9.78 Å². The maximum Gasteiger partial charge on any atom is 0.340 e. The monoisotopic (exact) mass is 441 g/mol. The van der Waals surface area contributed by atoms with Crippen LogP contribution in [0.5, 0.6) is 0 Å². The highest BCUT2D eigenvalue weighted by Gasteiger charge is 2.23. The van der Waals surface area contributed by atoms with Crippen molar-refractivity contribution in [3.63, 3.8) is 0 Å².